The van der Waals surface area contributed by atoms with E-state index in [0.717, 1.165) is 14.2 Å². The van der Waals surface area contributed by atoms with E-state index in [1.54, 1.807) is 0 Å². The summed E-state index contributed by atoms with van der Waals surface area (Å²) in [5.41, 5.74) is -6.48. The normalized spacial score (nSPS) is 55.0. The van der Waals surface area contributed by atoms with Crippen LogP contribution in [0.4, 0.5) is 17.6 Å². The maximum atomic E-state index is 14.1. The molecule has 0 aromatic heterocycles. The molecule has 0 spiro atoms. The standard InChI is InChI=1S/C8H6Br2F4O2/c1-15-3-4(16-2)6(12)5(3,11)7(9,13)8(6,10)14/h1-2H3/t5?,6?,7-,8+. The Balaban J connectivity index is 2.63. The predicted molar refractivity (Wildman–Crippen MR) is 54.3 cm³/mol. The summed E-state index contributed by atoms with van der Waals surface area (Å²) >= 11 is 4.40. The summed E-state index contributed by atoms with van der Waals surface area (Å²) in [6.07, 6.45) is 0. The van der Waals surface area contributed by atoms with Crippen molar-refractivity contribution in [2.45, 2.75) is 20.5 Å². The molecule has 2 rings (SSSR count). The monoisotopic (exact) mass is 368 g/mol. The molecule has 0 amide bonds. The Bertz CT molecular complexity index is 361. The first-order valence-corrected chi connectivity index (χ1v) is 5.69. The number of fused-ring (bicyclic) bond motifs is 1. The summed E-state index contributed by atoms with van der Waals surface area (Å²) in [7, 11) is 2.04. The van der Waals surface area contributed by atoms with E-state index in [1.165, 1.54) is 0 Å². The smallest absolute Gasteiger partial charge is 0.264 e. The highest BCUT2D eigenvalue weighted by Gasteiger charge is 3.02. The molecule has 2 aliphatic rings. The third kappa shape index (κ3) is 0.757. The van der Waals surface area contributed by atoms with Crippen LogP contribution in [-0.2, 0) is 9.47 Å². The Morgan fingerprint density at radius 1 is 0.812 bits per heavy atom. The van der Waals surface area contributed by atoms with Crippen LogP contribution < -0.4 is 0 Å². The third-order valence-electron chi connectivity index (χ3n) is 2.97. The Morgan fingerprint density at radius 2 is 1.06 bits per heavy atom. The number of allylic oxidation sites excluding steroid dienone is 2. The Morgan fingerprint density at radius 3 is 1.25 bits per heavy atom. The summed E-state index contributed by atoms with van der Waals surface area (Å²) < 4.78 is 58.3. The van der Waals surface area contributed by atoms with Gasteiger partial charge in [-0.3, -0.25) is 0 Å². The van der Waals surface area contributed by atoms with Crippen LogP contribution in [0.15, 0.2) is 11.5 Å². The minimum atomic E-state index is -3.25. The molecular formula is C8H6Br2F4O2. The van der Waals surface area contributed by atoms with Gasteiger partial charge in [0.1, 0.15) is 0 Å². The lowest BCUT2D eigenvalue weighted by atomic mass is 9.54. The molecule has 0 aromatic rings. The van der Waals surface area contributed by atoms with Crippen molar-refractivity contribution in [2.24, 2.45) is 0 Å². The van der Waals surface area contributed by atoms with Crippen molar-refractivity contribution in [3.05, 3.63) is 11.5 Å². The van der Waals surface area contributed by atoms with Crippen LogP contribution in [0.2, 0.25) is 0 Å². The van der Waals surface area contributed by atoms with Crippen molar-refractivity contribution in [3.8, 4) is 0 Å². The summed E-state index contributed by atoms with van der Waals surface area (Å²) in [4.78, 5) is 0. The van der Waals surface area contributed by atoms with E-state index >= 15 is 0 Å². The van der Waals surface area contributed by atoms with Gasteiger partial charge in [-0.25, -0.2) is 17.6 Å². The lowest BCUT2D eigenvalue weighted by molar-refractivity contribution is -0.287. The first-order valence-electron chi connectivity index (χ1n) is 4.11. The zero-order valence-electron chi connectivity index (χ0n) is 8.08. The van der Waals surface area contributed by atoms with Crippen molar-refractivity contribution in [1.82, 2.24) is 0 Å². The SMILES string of the molecule is COC1=C(OC)C2(F)C1(F)[C@](F)(Br)[C@]2(F)Br. The number of hydrogen-bond acceptors (Lipinski definition) is 2. The molecule has 2 aliphatic carbocycles. The van der Waals surface area contributed by atoms with E-state index in [9.17, 15) is 17.6 Å². The molecule has 0 N–H and O–H groups in total. The summed E-state index contributed by atoms with van der Waals surface area (Å²) in [6.45, 7) is 0. The minimum Gasteiger partial charge on any atom is -0.494 e. The average Bonchev–Trinajstić information content (AvgIpc) is 2.21. The number of ether oxygens (including phenoxy) is 2. The quantitative estimate of drug-likeness (QED) is 0.550. The molecule has 0 bridgehead atoms. The topological polar surface area (TPSA) is 18.5 Å². The molecule has 0 radical (unpaired) electrons. The molecule has 2 nitrogen and oxygen atoms in total. The fraction of sp³-hybridized carbons (Fsp3) is 0.750. The summed E-state index contributed by atoms with van der Waals surface area (Å²) in [5, 5.41) is 0. The molecule has 4 atom stereocenters. The molecule has 8 heteroatoms. The van der Waals surface area contributed by atoms with Gasteiger partial charge in [-0.2, -0.15) is 0 Å². The van der Waals surface area contributed by atoms with Crippen LogP contribution in [0.25, 0.3) is 0 Å². The largest absolute Gasteiger partial charge is 0.494 e. The molecular weight excluding hydrogens is 364 g/mol. The van der Waals surface area contributed by atoms with Gasteiger partial charge in [-0.1, -0.05) is 0 Å². The first-order chi connectivity index (χ1) is 7.14. The molecule has 92 valence electrons. The van der Waals surface area contributed by atoms with E-state index in [1.807, 2.05) is 0 Å². The van der Waals surface area contributed by atoms with E-state index in [0.29, 0.717) is 0 Å². The number of methoxy groups -OCH3 is 2. The molecule has 0 aromatic carbocycles. The van der Waals surface area contributed by atoms with Crippen molar-refractivity contribution in [1.29, 1.82) is 0 Å². The van der Waals surface area contributed by atoms with Gasteiger partial charge in [0.2, 0.25) is 0 Å². The van der Waals surface area contributed by atoms with Gasteiger partial charge < -0.3 is 9.47 Å². The van der Waals surface area contributed by atoms with Crippen molar-refractivity contribution in [3.63, 3.8) is 0 Å². The van der Waals surface area contributed by atoms with E-state index in [4.69, 9.17) is 0 Å². The van der Waals surface area contributed by atoms with E-state index in [-0.39, 0.29) is 0 Å². The van der Waals surface area contributed by atoms with Crippen molar-refractivity contribution >= 4 is 31.9 Å². The average molecular weight is 370 g/mol. The predicted octanol–water partition coefficient (Wildman–Crippen LogP) is 3.06. The lowest BCUT2D eigenvalue weighted by Gasteiger charge is -2.66. The van der Waals surface area contributed by atoms with Gasteiger partial charge in [0, 0.05) is 0 Å². The van der Waals surface area contributed by atoms with Gasteiger partial charge in [0.05, 0.1) is 14.2 Å². The Hall–Kier alpha value is 0.0200. The van der Waals surface area contributed by atoms with Crippen LogP contribution in [0.3, 0.4) is 0 Å². The second kappa shape index (κ2) is 2.88. The molecule has 16 heavy (non-hydrogen) atoms. The van der Waals surface area contributed by atoms with Gasteiger partial charge in [-0.05, 0) is 31.9 Å². The van der Waals surface area contributed by atoms with Crippen LogP contribution >= 0.6 is 31.9 Å². The van der Waals surface area contributed by atoms with Crippen LogP contribution in [-0.4, -0.2) is 34.7 Å². The van der Waals surface area contributed by atoms with Crippen LogP contribution in [0, 0.1) is 0 Å². The van der Waals surface area contributed by atoms with Gasteiger partial charge >= 0.3 is 0 Å². The number of alkyl halides is 6. The summed E-state index contributed by atoms with van der Waals surface area (Å²) in [5.74, 6) is -1.38. The molecule has 1 saturated carbocycles. The second-order valence-electron chi connectivity index (χ2n) is 3.53. The molecule has 0 aliphatic heterocycles. The van der Waals surface area contributed by atoms with E-state index in [2.05, 4.69) is 41.3 Å². The Kier molecular flexibility index (Phi) is 2.25. The molecule has 0 heterocycles. The first kappa shape index (κ1) is 12.5. The zero-order chi connectivity index (χ0) is 12.6. The minimum absolute atomic E-state index is 0.690. The fourth-order valence-corrected chi connectivity index (χ4v) is 3.57. The van der Waals surface area contributed by atoms with Gasteiger partial charge in [-0.15, -0.1) is 0 Å². The zero-order valence-corrected chi connectivity index (χ0v) is 11.3. The molecule has 0 saturated heterocycles. The molecule has 1 fully saturated rings. The maximum absolute atomic E-state index is 14.1. The van der Waals surface area contributed by atoms with Crippen molar-refractivity contribution < 1.29 is 27.0 Å². The van der Waals surface area contributed by atoms with Crippen molar-refractivity contribution in [2.75, 3.05) is 14.2 Å². The maximum Gasteiger partial charge on any atom is 0.264 e. The van der Waals surface area contributed by atoms with Crippen LogP contribution in [0.5, 0.6) is 0 Å². The van der Waals surface area contributed by atoms with Crippen LogP contribution in [0.1, 0.15) is 0 Å². The number of hydrogen-bond donors (Lipinski definition) is 0. The third-order valence-corrected chi connectivity index (χ3v) is 5.69. The second-order valence-corrected chi connectivity index (χ2v) is 5.72. The highest BCUT2D eigenvalue weighted by Crippen LogP contribution is 2.81. The molecule has 2 unspecified atom stereocenters. The lowest BCUT2D eigenvalue weighted by Crippen LogP contribution is -2.90. The van der Waals surface area contributed by atoms with Gasteiger partial charge in [0.25, 0.3) is 20.5 Å². The number of rotatable bonds is 2. The fourth-order valence-electron chi connectivity index (χ4n) is 2.12. The van der Waals surface area contributed by atoms with Gasteiger partial charge in [0.15, 0.2) is 11.5 Å². The highest BCUT2D eigenvalue weighted by atomic mass is 79.9. The summed E-state index contributed by atoms with van der Waals surface area (Å²) in [6, 6.07) is 0. The number of halogens is 6. The Labute approximate surface area is 105 Å². The highest BCUT2D eigenvalue weighted by molar-refractivity contribution is 9.13. The van der Waals surface area contributed by atoms with E-state index < -0.39 is 32.0 Å².